The minimum absolute atomic E-state index is 0.0657. The van der Waals surface area contributed by atoms with Crippen molar-refractivity contribution in [3.05, 3.63) is 0 Å². The maximum atomic E-state index is 9.17. The summed E-state index contributed by atoms with van der Waals surface area (Å²) in [4.78, 5) is 0. The van der Waals surface area contributed by atoms with E-state index in [9.17, 15) is 0 Å². The van der Waals surface area contributed by atoms with E-state index in [1.807, 2.05) is 0 Å². The van der Waals surface area contributed by atoms with Crippen LogP contribution in [0.2, 0.25) is 0 Å². The molecule has 0 aliphatic rings. The maximum absolute atomic E-state index is 9.17. The van der Waals surface area contributed by atoms with E-state index in [1.165, 1.54) is 0 Å². The molecular formula is C18H38O6. The third kappa shape index (κ3) is 15.3. The first-order valence-electron chi connectivity index (χ1n) is 9.38. The summed E-state index contributed by atoms with van der Waals surface area (Å²) in [6.07, 6.45) is 5.98. The predicted octanol–water partition coefficient (Wildman–Crippen LogP) is 2.15. The van der Waals surface area contributed by atoms with Gasteiger partial charge in [0.15, 0.2) is 0 Å². The number of aliphatic hydroxyl groups is 2. The third-order valence-electron chi connectivity index (χ3n) is 3.70. The Bertz CT molecular complexity index is 216. The Morgan fingerprint density at radius 3 is 1.33 bits per heavy atom. The van der Waals surface area contributed by atoms with Crippen molar-refractivity contribution < 1.29 is 29.2 Å². The average Bonchev–Trinajstić information content (AvgIpc) is 2.61. The monoisotopic (exact) mass is 350 g/mol. The van der Waals surface area contributed by atoms with Gasteiger partial charge in [0, 0.05) is 0 Å². The van der Waals surface area contributed by atoms with Crippen LogP contribution in [-0.2, 0) is 18.9 Å². The molecule has 24 heavy (non-hydrogen) atoms. The Balaban J connectivity index is 3.32. The van der Waals surface area contributed by atoms with Crippen LogP contribution in [0.4, 0.5) is 0 Å². The van der Waals surface area contributed by atoms with Crippen LogP contribution < -0.4 is 0 Å². The van der Waals surface area contributed by atoms with Gasteiger partial charge in [0.05, 0.1) is 65.1 Å². The Morgan fingerprint density at radius 2 is 1.00 bits per heavy atom. The van der Waals surface area contributed by atoms with Crippen LogP contribution in [0.5, 0.6) is 0 Å². The molecule has 2 N–H and O–H groups in total. The highest BCUT2D eigenvalue weighted by molar-refractivity contribution is 4.56. The zero-order valence-corrected chi connectivity index (χ0v) is 15.6. The summed E-state index contributed by atoms with van der Waals surface area (Å²) in [5.74, 6) is 0. The van der Waals surface area contributed by atoms with Gasteiger partial charge in [-0.05, 0) is 12.8 Å². The van der Waals surface area contributed by atoms with Crippen molar-refractivity contribution in [3.63, 3.8) is 0 Å². The molecule has 146 valence electrons. The van der Waals surface area contributed by atoms with Crippen molar-refractivity contribution in [2.75, 3.05) is 52.9 Å². The SMILES string of the molecule is CCCCC(CO)OCCOCCOCCOC(CO)CCCC. The second-order valence-corrected chi connectivity index (χ2v) is 5.86. The van der Waals surface area contributed by atoms with Crippen molar-refractivity contribution in [2.24, 2.45) is 0 Å². The molecule has 0 heterocycles. The fourth-order valence-corrected chi connectivity index (χ4v) is 2.19. The van der Waals surface area contributed by atoms with Crippen LogP contribution in [0, 0.1) is 0 Å². The molecule has 6 nitrogen and oxygen atoms in total. The smallest absolute Gasteiger partial charge is 0.0806 e. The standard InChI is InChI=1S/C18H38O6/c1-3-5-7-17(15-19)23-13-11-21-9-10-22-12-14-24-18(16-20)8-6-4-2/h17-20H,3-16H2,1-2H3. The molecule has 0 amide bonds. The van der Waals surface area contributed by atoms with Crippen molar-refractivity contribution in [2.45, 2.75) is 64.6 Å². The van der Waals surface area contributed by atoms with E-state index in [-0.39, 0.29) is 25.4 Å². The molecule has 0 aliphatic carbocycles. The van der Waals surface area contributed by atoms with Gasteiger partial charge in [0.1, 0.15) is 0 Å². The van der Waals surface area contributed by atoms with Crippen molar-refractivity contribution in [1.82, 2.24) is 0 Å². The Labute approximate surface area is 147 Å². The summed E-state index contributed by atoms with van der Waals surface area (Å²) in [5.41, 5.74) is 0. The van der Waals surface area contributed by atoms with Crippen LogP contribution in [0.15, 0.2) is 0 Å². The summed E-state index contributed by atoms with van der Waals surface area (Å²) in [6.45, 7) is 7.41. The molecule has 0 radical (unpaired) electrons. The third-order valence-corrected chi connectivity index (χ3v) is 3.70. The fourth-order valence-electron chi connectivity index (χ4n) is 2.19. The molecule has 0 fully saturated rings. The fraction of sp³-hybridized carbons (Fsp3) is 1.00. The number of hydrogen-bond acceptors (Lipinski definition) is 6. The Hall–Kier alpha value is -0.240. The second-order valence-electron chi connectivity index (χ2n) is 5.86. The highest BCUT2D eigenvalue weighted by Gasteiger charge is 2.07. The van der Waals surface area contributed by atoms with Crippen LogP contribution in [0.25, 0.3) is 0 Å². The van der Waals surface area contributed by atoms with E-state index in [2.05, 4.69) is 13.8 Å². The quantitative estimate of drug-likeness (QED) is 0.348. The van der Waals surface area contributed by atoms with E-state index in [0.717, 1.165) is 38.5 Å². The summed E-state index contributed by atoms with van der Waals surface area (Å²) in [6, 6.07) is 0. The molecule has 0 saturated heterocycles. The van der Waals surface area contributed by atoms with Gasteiger partial charge in [-0.3, -0.25) is 0 Å². The summed E-state index contributed by atoms with van der Waals surface area (Å²) >= 11 is 0. The summed E-state index contributed by atoms with van der Waals surface area (Å²) in [5, 5.41) is 18.3. The highest BCUT2D eigenvalue weighted by Crippen LogP contribution is 2.04. The minimum Gasteiger partial charge on any atom is -0.394 e. The van der Waals surface area contributed by atoms with Gasteiger partial charge in [-0.2, -0.15) is 0 Å². The van der Waals surface area contributed by atoms with Crippen LogP contribution >= 0.6 is 0 Å². The molecule has 0 bridgehead atoms. The van der Waals surface area contributed by atoms with Gasteiger partial charge in [0.25, 0.3) is 0 Å². The van der Waals surface area contributed by atoms with E-state index < -0.39 is 0 Å². The van der Waals surface area contributed by atoms with Crippen molar-refractivity contribution in [3.8, 4) is 0 Å². The molecule has 0 rings (SSSR count). The van der Waals surface area contributed by atoms with Gasteiger partial charge >= 0.3 is 0 Å². The first-order valence-corrected chi connectivity index (χ1v) is 9.38. The molecule has 0 aromatic rings. The topological polar surface area (TPSA) is 77.4 Å². The molecular weight excluding hydrogens is 312 g/mol. The number of hydrogen-bond donors (Lipinski definition) is 2. The Morgan fingerprint density at radius 1 is 0.625 bits per heavy atom. The van der Waals surface area contributed by atoms with Gasteiger partial charge < -0.3 is 29.2 Å². The van der Waals surface area contributed by atoms with Gasteiger partial charge in [-0.15, -0.1) is 0 Å². The number of ether oxygens (including phenoxy) is 4. The number of unbranched alkanes of at least 4 members (excludes halogenated alkanes) is 2. The molecule has 2 unspecified atom stereocenters. The molecule has 0 aromatic heterocycles. The molecule has 0 saturated carbocycles. The number of rotatable bonds is 19. The Kier molecular flexibility index (Phi) is 18.9. The molecule has 0 spiro atoms. The summed E-state index contributed by atoms with van der Waals surface area (Å²) in [7, 11) is 0. The van der Waals surface area contributed by atoms with E-state index in [1.54, 1.807) is 0 Å². The number of aliphatic hydroxyl groups excluding tert-OH is 2. The first kappa shape index (κ1) is 23.8. The lowest BCUT2D eigenvalue weighted by molar-refractivity contribution is -0.0453. The van der Waals surface area contributed by atoms with E-state index in [0.29, 0.717) is 39.6 Å². The predicted molar refractivity (Wildman–Crippen MR) is 94.3 cm³/mol. The lowest BCUT2D eigenvalue weighted by Gasteiger charge is -2.15. The van der Waals surface area contributed by atoms with Crippen LogP contribution in [0.1, 0.15) is 52.4 Å². The largest absolute Gasteiger partial charge is 0.394 e. The zero-order valence-electron chi connectivity index (χ0n) is 15.6. The van der Waals surface area contributed by atoms with Crippen LogP contribution in [0.3, 0.4) is 0 Å². The van der Waals surface area contributed by atoms with Gasteiger partial charge in [-0.25, -0.2) is 0 Å². The van der Waals surface area contributed by atoms with E-state index >= 15 is 0 Å². The summed E-state index contributed by atoms with van der Waals surface area (Å²) < 4.78 is 21.9. The van der Waals surface area contributed by atoms with Gasteiger partial charge in [0.2, 0.25) is 0 Å². The average molecular weight is 350 g/mol. The molecule has 0 aromatic carbocycles. The van der Waals surface area contributed by atoms with Crippen molar-refractivity contribution in [1.29, 1.82) is 0 Å². The second kappa shape index (κ2) is 19.1. The highest BCUT2D eigenvalue weighted by atomic mass is 16.6. The minimum atomic E-state index is -0.0749. The maximum Gasteiger partial charge on any atom is 0.0806 e. The van der Waals surface area contributed by atoms with Gasteiger partial charge in [-0.1, -0.05) is 39.5 Å². The molecule has 2 atom stereocenters. The normalized spacial score (nSPS) is 14.0. The van der Waals surface area contributed by atoms with Crippen LogP contribution in [-0.4, -0.2) is 75.3 Å². The van der Waals surface area contributed by atoms with Crippen molar-refractivity contribution >= 4 is 0 Å². The molecule has 0 aliphatic heterocycles. The lowest BCUT2D eigenvalue weighted by Crippen LogP contribution is -2.21. The molecule has 6 heteroatoms. The lowest BCUT2D eigenvalue weighted by atomic mass is 10.2. The zero-order chi connectivity index (χ0) is 17.9. The van der Waals surface area contributed by atoms with E-state index in [4.69, 9.17) is 29.2 Å². The first-order chi connectivity index (χ1) is 11.8.